The molecule has 0 aliphatic heterocycles. The molecule has 4 heteroatoms. The predicted octanol–water partition coefficient (Wildman–Crippen LogP) is 5.72. The van der Waals surface area contributed by atoms with Crippen molar-refractivity contribution in [3.63, 3.8) is 0 Å². The Bertz CT molecular complexity index is 907. The Balaban J connectivity index is 1.52. The van der Waals surface area contributed by atoms with Crippen molar-refractivity contribution >= 4 is 27.6 Å². The van der Waals surface area contributed by atoms with Crippen molar-refractivity contribution in [1.82, 2.24) is 9.97 Å². The smallest absolute Gasteiger partial charge is 0.150 e. The van der Waals surface area contributed by atoms with E-state index in [2.05, 4.69) is 41.2 Å². The number of hydrogen-bond acceptors (Lipinski definition) is 4. The number of aliphatic hydroxyl groups excluding tert-OH is 1. The second kappa shape index (κ2) is 10.4. The van der Waals surface area contributed by atoms with Crippen LogP contribution in [0.2, 0.25) is 0 Å². The number of fused-ring (bicyclic) bond motifs is 3. The number of rotatable bonds is 11. The van der Waals surface area contributed by atoms with E-state index in [1.165, 1.54) is 62.5 Å². The lowest BCUT2D eigenvalue weighted by Gasteiger charge is -2.09. The normalized spacial score (nSPS) is 11.5. The molecule has 0 radical (unpaired) electrons. The van der Waals surface area contributed by atoms with Crippen LogP contribution in [0.25, 0.3) is 21.8 Å². The molecule has 0 atom stereocenters. The lowest BCUT2D eigenvalue weighted by Crippen LogP contribution is -1.97. The van der Waals surface area contributed by atoms with E-state index in [0.29, 0.717) is 12.4 Å². The zero-order valence-electron chi connectivity index (χ0n) is 17.1. The minimum atomic E-state index is 0.335. The monoisotopic (exact) mass is 379 g/mol. The third kappa shape index (κ3) is 5.41. The van der Waals surface area contributed by atoms with Gasteiger partial charge in [-0.15, -0.1) is 0 Å². The number of benzene rings is 1. The van der Waals surface area contributed by atoms with Crippen molar-refractivity contribution in [1.29, 1.82) is 0 Å². The summed E-state index contributed by atoms with van der Waals surface area (Å²) in [5.41, 5.74) is 10.4. The van der Waals surface area contributed by atoms with Crippen molar-refractivity contribution in [3.8, 4) is 0 Å². The number of nitrogens with two attached hydrogens (primary N) is 1. The maximum atomic E-state index is 8.78. The maximum absolute atomic E-state index is 8.78. The molecule has 0 unspecified atom stereocenters. The fourth-order valence-corrected chi connectivity index (χ4v) is 3.88. The average molecular weight is 380 g/mol. The summed E-state index contributed by atoms with van der Waals surface area (Å²) in [6.07, 6.45) is 14.1. The SMILES string of the molecule is Cc1ccc2c(c1)nc(N)c1ncc(CCCCCCCCCCCO)cc12. The van der Waals surface area contributed by atoms with Crippen LogP contribution < -0.4 is 5.73 Å². The molecule has 4 nitrogen and oxygen atoms in total. The van der Waals surface area contributed by atoms with Crippen molar-refractivity contribution in [2.45, 2.75) is 71.1 Å². The van der Waals surface area contributed by atoms with Gasteiger partial charge in [-0.25, -0.2) is 4.98 Å². The van der Waals surface area contributed by atoms with Gasteiger partial charge in [0.15, 0.2) is 5.82 Å². The first kappa shape index (κ1) is 20.5. The van der Waals surface area contributed by atoms with Crippen LogP contribution in [0.4, 0.5) is 5.82 Å². The first-order chi connectivity index (χ1) is 13.7. The topological polar surface area (TPSA) is 72.0 Å². The molecule has 0 saturated heterocycles. The van der Waals surface area contributed by atoms with Crippen LogP contribution >= 0.6 is 0 Å². The molecule has 2 aromatic heterocycles. The number of anilines is 1. The van der Waals surface area contributed by atoms with Crippen LogP contribution in [-0.4, -0.2) is 21.7 Å². The highest BCUT2D eigenvalue weighted by molar-refractivity contribution is 6.08. The summed E-state index contributed by atoms with van der Waals surface area (Å²) < 4.78 is 0. The molecule has 3 N–H and O–H groups in total. The summed E-state index contributed by atoms with van der Waals surface area (Å²) in [6.45, 7) is 2.41. The summed E-state index contributed by atoms with van der Waals surface area (Å²) in [7, 11) is 0. The molecular formula is C24H33N3O. The third-order valence-electron chi connectivity index (χ3n) is 5.49. The van der Waals surface area contributed by atoms with E-state index in [-0.39, 0.29) is 0 Å². The number of nitrogen functional groups attached to an aromatic ring is 1. The van der Waals surface area contributed by atoms with Gasteiger partial charge in [0.1, 0.15) is 5.52 Å². The second-order valence-corrected chi connectivity index (χ2v) is 7.91. The Kier molecular flexibility index (Phi) is 7.61. The van der Waals surface area contributed by atoms with Crippen molar-refractivity contribution in [2.75, 3.05) is 12.3 Å². The molecule has 0 amide bonds. The number of aliphatic hydroxyl groups is 1. The minimum Gasteiger partial charge on any atom is -0.396 e. The van der Waals surface area contributed by atoms with E-state index in [1.807, 2.05) is 6.20 Å². The maximum Gasteiger partial charge on any atom is 0.150 e. The first-order valence-corrected chi connectivity index (χ1v) is 10.7. The fraction of sp³-hybridized carbons (Fsp3) is 0.500. The lowest BCUT2D eigenvalue weighted by atomic mass is 10.0. The van der Waals surface area contributed by atoms with Crippen LogP contribution in [0.1, 0.15) is 68.9 Å². The Labute approximate surface area is 168 Å². The average Bonchev–Trinajstić information content (AvgIpc) is 2.69. The van der Waals surface area contributed by atoms with Crippen LogP contribution in [-0.2, 0) is 6.42 Å². The Hall–Kier alpha value is -2.20. The van der Waals surface area contributed by atoms with E-state index in [0.717, 1.165) is 34.6 Å². The highest BCUT2D eigenvalue weighted by Gasteiger charge is 2.08. The number of unbranched alkanes of at least 4 members (excludes halogenated alkanes) is 8. The van der Waals surface area contributed by atoms with Gasteiger partial charge in [-0.1, -0.05) is 57.1 Å². The molecule has 28 heavy (non-hydrogen) atoms. The zero-order valence-corrected chi connectivity index (χ0v) is 17.1. The second-order valence-electron chi connectivity index (χ2n) is 7.91. The van der Waals surface area contributed by atoms with Crippen LogP contribution in [0, 0.1) is 6.92 Å². The molecule has 3 aromatic rings. The minimum absolute atomic E-state index is 0.335. The van der Waals surface area contributed by atoms with Gasteiger partial charge < -0.3 is 10.8 Å². The van der Waals surface area contributed by atoms with Crippen molar-refractivity contribution in [3.05, 3.63) is 41.6 Å². The molecule has 150 valence electrons. The van der Waals surface area contributed by atoms with E-state index in [9.17, 15) is 0 Å². The van der Waals surface area contributed by atoms with E-state index in [1.54, 1.807) is 0 Å². The van der Waals surface area contributed by atoms with Gasteiger partial charge in [0, 0.05) is 23.6 Å². The van der Waals surface area contributed by atoms with Gasteiger partial charge in [-0.05, 0) is 49.4 Å². The van der Waals surface area contributed by atoms with Gasteiger partial charge >= 0.3 is 0 Å². The first-order valence-electron chi connectivity index (χ1n) is 10.7. The standard InChI is InChI=1S/C24H33N3O/c1-18-12-13-20-21-16-19(17-26-23(21)24(25)27-22(20)15-18)11-9-7-5-3-2-4-6-8-10-14-28/h12-13,15-17,28H,2-11,14H2,1H3,(H2,25,27). The molecule has 3 rings (SSSR count). The molecule has 0 bridgehead atoms. The molecule has 0 aliphatic carbocycles. The van der Waals surface area contributed by atoms with Gasteiger partial charge in [0.25, 0.3) is 0 Å². The largest absolute Gasteiger partial charge is 0.396 e. The Morgan fingerprint density at radius 3 is 2.25 bits per heavy atom. The predicted molar refractivity (Wildman–Crippen MR) is 119 cm³/mol. The highest BCUT2D eigenvalue weighted by Crippen LogP contribution is 2.28. The molecule has 0 fully saturated rings. The Morgan fingerprint density at radius 2 is 1.54 bits per heavy atom. The van der Waals surface area contributed by atoms with E-state index >= 15 is 0 Å². The molecular weight excluding hydrogens is 346 g/mol. The van der Waals surface area contributed by atoms with Gasteiger partial charge in [0.05, 0.1) is 5.52 Å². The molecule has 0 aliphatic rings. The van der Waals surface area contributed by atoms with Crippen LogP contribution in [0.15, 0.2) is 30.5 Å². The molecule has 2 heterocycles. The van der Waals surface area contributed by atoms with Gasteiger partial charge in [-0.3, -0.25) is 4.98 Å². The quantitative estimate of drug-likeness (QED) is 0.330. The zero-order chi connectivity index (χ0) is 19.8. The highest BCUT2D eigenvalue weighted by atomic mass is 16.2. The Morgan fingerprint density at radius 1 is 0.857 bits per heavy atom. The molecule has 1 aromatic carbocycles. The number of nitrogens with zero attached hydrogens (tertiary/aromatic N) is 2. The summed E-state index contributed by atoms with van der Waals surface area (Å²) in [6, 6.07) is 8.59. The van der Waals surface area contributed by atoms with E-state index in [4.69, 9.17) is 10.8 Å². The van der Waals surface area contributed by atoms with Crippen LogP contribution in [0.3, 0.4) is 0 Å². The summed E-state index contributed by atoms with van der Waals surface area (Å²) in [5, 5.41) is 11.0. The number of hydrogen-bond donors (Lipinski definition) is 2. The van der Waals surface area contributed by atoms with Gasteiger partial charge in [0.2, 0.25) is 0 Å². The van der Waals surface area contributed by atoms with Crippen LogP contribution in [0.5, 0.6) is 0 Å². The molecule has 0 saturated carbocycles. The fourth-order valence-electron chi connectivity index (χ4n) is 3.88. The third-order valence-corrected chi connectivity index (χ3v) is 5.49. The summed E-state index contributed by atoms with van der Waals surface area (Å²) in [5.74, 6) is 0.513. The van der Waals surface area contributed by atoms with Crippen molar-refractivity contribution < 1.29 is 5.11 Å². The number of aryl methyl sites for hydroxylation is 2. The number of aromatic nitrogens is 2. The number of pyridine rings is 2. The van der Waals surface area contributed by atoms with Crippen molar-refractivity contribution in [2.24, 2.45) is 0 Å². The lowest BCUT2D eigenvalue weighted by molar-refractivity contribution is 0.282. The summed E-state index contributed by atoms with van der Waals surface area (Å²) >= 11 is 0. The van der Waals surface area contributed by atoms with E-state index < -0.39 is 0 Å². The summed E-state index contributed by atoms with van der Waals surface area (Å²) in [4.78, 5) is 9.14. The molecule has 0 spiro atoms. The van der Waals surface area contributed by atoms with Gasteiger partial charge in [-0.2, -0.15) is 0 Å².